The first kappa shape index (κ1) is 18.8. The Balaban J connectivity index is 2.89. The highest BCUT2D eigenvalue weighted by molar-refractivity contribution is 6.68. The summed E-state index contributed by atoms with van der Waals surface area (Å²) in [5.74, 6) is -1.28. The molecule has 0 aliphatic heterocycles. The Morgan fingerprint density at radius 3 is 2.45 bits per heavy atom. The maximum absolute atomic E-state index is 13.5. The van der Waals surface area contributed by atoms with E-state index in [1.807, 2.05) is 0 Å². The third-order valence-corrected chi connectivity index (χ3v) is 3.16. The van der Waals surface area contributed by atoms with E-state index in [0.717, 1.165) is 4.90 Å². The number of carbonyl (C=O) groups excluding carboxylic acids is 2. The standard InChI is InChI=1S/C13H14Cl3FN2O3/c1-3-10(20)22-11(13(14,15)16)19(2)12(21)18-9-7-5-4-6-8(9)17/h4-7,11H,3H2,1-2H3,(H,18,21). The lowest BCUT2D eigenvalue weighted by molar-refractivity contribution is -0.154. The van der Waals surface area contributed by atoms with Crippen LogP contribution in [0.4, 0.5) is 14.9 Å². The first-order valence-electron chi connectivity index (χ1n) is 6.21. The molecule has 0 bridgehead atoms. The lowest BCUT2D eigenvalue weighted by atomic mass is 10.3. The smallest absolute Gasteiger partial charge is 0.324 e. The van der Waals surface area contributed by atoms with E-state index in [0.29, 0.717) is 0 Å². The van der Waals surface area contributed by atoms with Gasteiger partial charge in [-0.1, -0.05) is 53.9 Å². The molecule has 9 heteroatoms. The van der Waals surface area contributed by atoms with Crippen LogP contribution in [0.3, 0.4) is 0 Å². The Bertz CT molecular complexity index is 552. The van der Waals surface area contributed by atoms with Crippen LogP contribution >= 0.6 is 34.8 Å². The lowest BCUT2D eigenvalue weighted by Crippen LogP contribution is -2.49. The predicted octanol–water partition coefficient (Wildman–Crippen LogP) is 3.94. The molecule has 0 heterocycles. The number of ether oxygens (including phenoxy) is 1. The van der Waals surface area contributed by atoms with Crippen LogP contribution in [-0.2, 0) is 9.53 Å². The van der Waals surface area contributed by atoms with Crippen molar-refractivity contribution in [3.05, 3.63) is 30.1 Å². The van der Waals surface area contributed by atoms with Crippen molar-refractivity contribution in [3.63, 3.8) is 0 Å². The Morgan fingerprint density at radius 1 is 1.36 bits per heavy atom. The molecule has 122 valence electrons. The molecule has 0 aliphatic carbocycles. The highest BCUT2D eigenvalue weighted by Crippen LogP contribution is 2.34. The molecule has 1 aromatic rings. The molecule has 0 saturated heterocycles. The first-order chi connectivity index (χ1) is 10.2. The number of para-hydroxylation sites is 1. The quantitative estimate of drug-likeness (QED) is 0.495. The van der Waals surface area contributed by atoms with E-state index in [9.17, 15) is 14.0 Å². The molecule has 0 saturated carbocycles. The molecule has 2 amide bonds. The molecule has 1 unspecified atom stereocenters. The van der Waals surface area contributed by atoms with Crippen molar-refractivity contribution >= 4 is 52.5 Å². The van der Waals surface area contributed by atoms with Gasteiger partial charge in [-0.25, -0.2) is 9.18 Å². The second kappa shape index (κ2) is 7.85. The Morgan fingerprint density at radius 2 is 1.95 bits per heavy atom. The Kier molecular flexibility index (Phi) is 6.71. The van der Waals surface area contributed by atoms with Crippen LogP contribution in [0.15, 0.2) is 24.3 Å². The van der Waals surface area contributed by atoms with Crippen molar-refractivity contribution in [3.8, 4) is 0 Å². The number of hydrogen-bond acceptors (Lipinski definition) is 3. The summed E-state index contributed by atoms with van der Waals surface area (Å²) in [6.07, 6.45) is -1.42. The van der Waals surface area contributed by atoms with Gasteiger partial charge in [-0.05, 0) is 12.1 Å². The van der Waals surface area contributed by atoms with Crippen LogP contribution in [0.2, 0.25) is 0 Å². The fraction of sp³-hybridized carbons (Fsp3) is 0.385. The highest BCUT2D eigenvalue weighted by atomic mass is 35.6. The lowest BCUT2D eigenvalue weighted by Gasteiger charge is -2.32. The molecule has 1 aromatic carbocycles. The molecule has 1 rings (SSSR count). The van der Waals surface area contributed by atoms with Gasteiger partial charge < -0.3 is 10.1 Å². The van der Waals surface area contributed by atoms with Gasteiger partial charge in [0.1, 0.15) is 5.82 Å². The molecule has 22 heavy (non-hydrogen) atoms. The normalized spacial score (nSPS) is 12.5. The zero-order valence-electron chi connectivity index (χ0n) is 11.8. The molecular weight excluding hydrogens is 358 g/mol. The van der Waals surface area contributed by atoms with Gasteiger partial charge in [0.25, 0.3) is 0 Å². The summed E-state index contributed by atoms with van der Waals surface area (Å²) >= 11 is 17.2. The predicted molar refractivity (Wildman–Crippen MR) is 83.6 cm³/mol. The van der Waals surface area contributed by atoms with Gasteiger partial charge >= 0.3 is 12.0 Å². The number of alkyl halides is 3. The van der Waals surface area contributed by atoms with Gasteiger partial charge in [0.2, 0.25) is 10.0 Å². The van der Waals surface area contributed by atoms with Crippen molar-refractivity contribution < 1.29 is 18.7 Å². The number of rotatable bonds is 4. The third-order valence-electron chi connectivity index (χ3n) is 2.60. The average molecular weight is 372 g/mol. The zero-order valence-corrected chi connectivity index (χ0v) is 14.0. The summed E-state index contributed by atoms with van der Waals surface area (Å²) in [6.45, 7) is 1.55. The minimum Gasteiger partial charge on any atom is -0.437 e. The van der Waals surface area contributed by atoms with E-state index in [1.165, 1.54) is 25.2 Å². The summed E-state index contributed by atoms with van der Waals surface area (Å²) in [6, 6.07) is 4.76. The van der Waals surface area contributed by atoms with Crippen LogP contribution in [0.25, 0.3) is 0 Å². The fourth-order valence-corrected chi connectivity index (χ4v) is 2.02. The van der Waals surface area contributed by atoms with Crippen LogP contribution in [0, 0.1) is 5.82 Å². The third kappa shape index (κ3) is 5.19. The molecule has 5 nitrogen and oxygen atoms in total. The molecule has 1 N–H and O–H groups in total. The number of amides is 2. The maximum atomic E-state index is 13.5. The minimum absolute atomic E-state index is 0.0417. The Labute approximate surface area is 142 Å². The van der Waals surface area contributed by atoms with E-state index in [1.54, 1.807) is 13.0 Å². The summed E-state index contributed by atoms with van der Waals surface area (Å²) in [5.41, 5.74) is -0.0516. The number of urea groups is 1. The van der Waals surface area contributed by atoms with E-state index in [2.05, 4.69) is 5.32 Å². The summed E-state index contributed by atoms with van der Waals surface area (Å²) < 4.78 is 16.4. The SMILES string of the molecule is CCC(=O)OC(N(C)C(=O)Nc1ccccc1F)C(Cl)(Cl)Cl. The molecule has 0 aromatic heterocycles. The van der Waals surface area contributed by atoms with Crippen LogP contribution < -0.4 is 5.32 Å². The number of anilines is 1. The van der Waals surface area contributed by atoms with Gasteiger partial charge in [-0.2, -0.15) is 0 Å². The van der Waals surface area contributed by atoms with E-state index >= 15 is 0 Å². The fourth-order valence-electron chi connectivity index (χ4n) is 1.45. The molecule has 0 radical (unpaired) electrons. The largest absolute Gasteiger partial charge is 0.437 e. The van der Waals surface area contributed by atoms with Crippen LogP contribution in [0.1, 0.15) is 13.3 Å². The maximum Gasteiger partial charge on any atom is 0.324 e. The van der Waals surface area contributed by atoms with Crippen molar-refractivity contribution in [1.29, 1.82) is 0 Å². The van der Waals surface area contributed by atoms with Gasteiger partial charge in [0, 0.05) is 13.5 Å². The van der Waals surface area contributed by atoms with Crippen molar-refractivity contribution in [2.45, 2.75) is 23.4 Å². The second-order valence-electron chi connectivity index (χ2n) is 4.26. The molecule has 0 aliphatic rings. The monoisotopic (exact) mass is 370 g/mol. The molecule has 1 atom stereocenters. The van der Waals surface area contributed by atoms with Gasteiger partial charge in [-0.15, -0.1) is 0 Å². The number of carbonyl (C=O) groups is 2. The number of benzene rings is 1. The van der Waals surface area contributed by atoms with E-state index in [4.69, 9.17) is 39.5 Å². The molecular formula is C13H14Cl3FN2O3. The number of esters is 1. The van der Waals surface area contributed by atoms with E-state index < -0.39 is 27.8 Å². The first-order valence-corrected chi connectivity index (χ1v) is 7.34. The molecule has 0 fully saturated rings. The second-order valence-corrected chi connectivity index (χ2v) is 6.63. The van der Waals surface area contributed by atoms with Crippen molar-refractivity contribution in [2.75, 3.05) is 12.4 Å². The average Bonchev–Trinajstić information content (AvgIpc) is 2.44. The number of halogens is 4. The van der Waals surface area contributed by atoms with Crippen LogP contribution in [0.5, 0.6) is 0 Å². The number of nitrogens with zero attached hydrogens (tertiary/aromatic N) is 1. The van der Waals surface area contributed by atoms with Crippen molar-refractivity contribution in [2.24, 2.45) is 0 Å². The topological polar surface area (TPSA) is 58.6 Å². The van der Waals surface area contributed by atoms with E-state index in [-0.39, 0.29) is 12.1 Å². The number of nitrogens with one attached hydrogen (secondary N) is 1. The minimum atomic E-state index is -2.06. The number of hydrogen-bond donors (Lipinski definition) is 1. The summed E-state index contributed by atoms with van der Waals surface area (Å²) in [4.78, 5) is 24.4. The summed E-state index contributed by atoms with van der Waals surface area (Å²) in [7, 11) is 1.26. The van der Waals surface area contributed by atoms with Gasteiger partial charge in [0.15, 0.2) is 0 Å². The highest BCUT2D eigenvalue weighted by Gasteiger charge is 2.41. The van der Waals surface area contributed by atoms with Gasteiger partial charge in [0.05, 0.1) is 5.69 Å². The zero-order chi connectivity index (χ0) is 16.9. The van der Waals surface area contributed by atoms with Gasteiger partial charge in [-0.3, -0.25) is 9.69 Å². The van der Waals surface area contributed by atoms with Crippen molar-refractivity contribution in [1.82, 2.24) is 4.90 Å². The Hall–Kier alpha value is -1.24. The molecule has 0 spiro atoms. The van der Waals surface area contributed by atoms with Crippen LogP contribution in [-0.4, -0.2) is 34.0 Å². The summed E-state index contributed by atoms with van der Waals surface area (Å²) in [5, 5.41) is 2.30.